The molecule has 170 valence electrons. The SMILES string of the molecule is [B]c1ccc2c(c1)C(c1ccc(CCC=C)cc1)(c1ccc(CCC=C)cc1)c1cc(Br)ccc1-2. The minimum Gasteiger partial charge on any atom is -0.103 e. The van der Waals surface area contributed by atoms with Gasteiger partial charge in [-0.3, -0.25) is 0 Å². The van der Waals surface area contributed by atoms with Gasteiger partial charge in [0, 0.05) is 4.47 Å². The predicted molar refractivity (Wildman–Crippen MR) is 154 cm³/mol. The molecule has 0 aromatic heterocycles. The molecule has 4 aromatic rings. The van der Waals surface area contributed by atoms with Crippen molar-refractivity contribution >= 4 is 29.2 Å². The van der Waals surface area contributed by atoms with Crippen LogP contribution in [0.4, 0.5) is 0 Å². The number of hydrogen-bond donors (Lipinski definition) is 0. The van der Waals surface area contributed by atoms with Crippen molar-refractivity contribution in [2.24, 2.45) is 0 Å². The zero-order valence-electron chi connectivity index (χ0n) is 19.9. The Morgan fingerprint density at radius 3 is 1.66 bits per heavy atom. The molecule has 0 fully saturated rings. The summed E-state index contributed by atoms with van der Waals surface area (Å²) in [6.45, 7) is 7.75. The number of rotatable bonds is 8. The van der Waals surface area contributed by atoms with Crippen LogP contribution >= 0.6 is 15.9 Å². The quantitative estimate of drug-likeness (QED) is 0.146. The van der Waals surface area contributed by atoms with Crippen LogP contribution in [0.2, 0.25) is 0 Å². The largest absolute Gasteiger partial charge is 0.113 e. The van der Waals surface area contributed by atoms with Gasteiger partial charge in [-0.25, -0.2) is 0 Å². The molecule has 0 saturated heterocycles. The highest BCUT2D eigenvalue weighted by Gasteiger charge is 2.46. The van der Waals surface area contributed by atoms with Crippen molar-refractivity contribution in [3.8, 4) is 11.1 Å². The smallest absolute Gasteiger partial charge is 0.103 e. The first kappa shape index (κ1) is 23.6. The van der Waals surface area contributed by atoms with E-state index in [0.717, 1.165) is 35.6 Å². The molecule has 0 unspecified atom stereocenters. The lowest BCUT2D eigenvalue weighted by atomic mass is 9.67. The number of hydrogen-bond acceptors (Lipinski definition) is 0. The van der Waals surface area contributed by atoms with Gasteiger partial charge < -0.3 is 0 Å². The van der Waals surface area contributed by atoms with Gasteiger partial charge in [-0.2, -0.15) is 0 Å². The second kappa shape index (κ2) is 9.87. The number of allylic oxidation sites excluding steroid dienone is 2. The highest BCUT2D eigenvalue weighted by atomic mass is 79.9. The molecular weight excluding hydrogens is 487 g/mol. The number of aryl methyl sites for hydroxylation is 2. The van der Waals surface area contributed by atoms with Gasteiger partial charge in [0.1, 0.15) is 7.85 Å². The normalized spacial score (nSPS) is 13.2. The summed E-state index contributed by atoms with van der Waals surface area (Å²) in [6.07, 6.45) is 7.92. The maximum absolute atomic E-state index is 6.40. The minimum absolute atomic E-state index is 0.447. The minimum atomic E-state index is -0.447. The summed E-state index contributed by atoms with van der Waals surface area (Å²) in [6, 6.07) is 31.2. The highest BCUT2D eigenvalue weighted by Crippen LogP contribution is 2.56. The number of halogens is 1. The van der Waals surface area contributed by atoms with Crippen molar-refractivity contribution in [2.75, 3.05) is 0 Å². The third kappa shape index (κ3) is 4.15. The van der Waals surface area contributed by atoms with Gasteiger partial charge in [-0.15, -0.1) is 13.2 Å². The van der Waals surface area contributed by atoms with Gasteiger partial charge in [-0.05, 0) is 82.3 Å². The monoisotopic (exact) mass is 514 g/mol. The Balaban J connectivity index is 1.78. The lowest BCUT2D eigenvalue weighted by Gasteiger charge is -2.34. The molecule has 0 spiro atoms. The molecule has 2 radical (unpaired) electrons. The van der Waals surface area contributed by atoms with Crippen LogP contribution in [0.3, 0.4) is 0 Å². The van der Waals surface area contributed by atoms with E-state index in [1.165, 1.54) is 44.5 Å². The van der Waals surface area contributed by atoms with Crippen LogP contribution in [0.25, 0.3) is 11.1 Å². The molecule has 2 heteroatoms. The first-order valence-corrected chi connectivity index (χ1v) is 13.0. The standard InChI is InChI=1S/C33H28BBr/c1-3-5-7-23-9-13-25(14-10-23)33(26-15-11-24(12-16-26)8-6-4-2)31-21-27(34)17-19-29(31)30-20-18-28(35)22-32(30)33/h3-4,9-22H,1-2,5-8H2. The van der Waals surface area contributed by atoms with Crippen LogP contribution in [0, 0.1) is 0 Å². The van der Waals surface area contributed by atoms with Crippen molar-refractivity contribution in [3.05, 3.63) is 148 Å². The Labute approximate surface area is 219 Å². The van der Waals surface area contributed by atoms with E-state index in [2.05, 4.69) is 108 Å². The molecule has 0 saturated carbocycles. The van der Waals surface area contributed by atoms with Crippen molar-refractivity contribution in [1.82, 2.24) is 0 Å². The van der Waals surface area contributed by atoms with Crippen molar-refractivity contribution in [2.45, 2.75) is 31.1 Å². The summed E-state index contributed by atoms with van der Waals surface area (Å²) < 4.78 is 1.08. The van der Waals surface area contributed by atoms with E-state index in [-0.39, 0.29) is 0 Å². The summed E-state index contributed by atoms with van der Waals surface area (Å²) in [4.78, 5) is 0. The Bertz CT molecular complexity index is 1270. The van der Waals surface area contributed by atoms with Gasteiger partial charge in [0.25, 0.3) is 0 Å². The molecule has 0 amide bonds. The van der Waals surface area contributed by atoms with Gasteiger partial charge in [0.2, 0.25) is 0 Å². The molecule has 1 aliphatic carbocycles. The Morgan fingerprint density at radius 1 is 0.657 bits per heavy atom. The van der Waals surface area contributed by atoms with Crippen LogP contribution in [-0.4, -0.2) is 7.85 Å². The van der Waals surface area contributed by atoms with Crippen LogP contribution < -0.4 is 5.46 Å². The van der Waals surface area contributed by atoms with E-state index in [9.17, 15) is 0 Å². The molecule has 0 bridgehead atoms. The van der Waals surface area contributed by atoms with Gasteiger partial charge in [0.05, 0.1) is 5.41 Å². The average Bonchev–Trinajstić information content (AvgIpc) is 3.16. The first-order valence-electron chi connectivity index (χ1n) is 12.2. The summed E-state index contributed by atoms with van der Waals surface area (Å²) >= 11 is 3.76. The third-order valence-electron chi connectivity index (χ3n) is 7.17. The highest BCUT2D eigenvalue weighted by molar-refractivity contribution is 9.10. The lowest BCUT2D eigenvalue weighted by Crippen LogP contribution is -2.29. The van der Waals surface area contributed by atoms with E-state index in [1.807, 2.05) is 18.2 Å². The fraction of sp³-hybridized carbons (Fsp3) is 0.152. The van der Waals surface area contributed by atoms with E-state index >= 15 is 0 Å². The Kier molecular flexibility index (Phi) is 6.67. The zero-order valence-corrected chi connectivity index (χ0v) is 21.5. The van der Waals surface area contributed by atoms with Crippen molar-refractivity contribution < 1.29 is 0 Å². The molecule has 1 aliphatic rings. The van der Waals surface area contributed by atoms with Gasteiger partial charge in [-0.1, -0.05) is 106 Å². The predicted octanol–water partition coefficient (Wildman–Crippen LogP) is 7.84. The van der Waals surface area contributed by atoms with E-state index in [1.54, 1.807) is 0 Å². The van der Waals surface area contributed by atoms with Crippen molar-refractivity contribution in [3.63, 3.8) is 0 Å². The first-order chi connectivity index (χ1) is 17.1. The summed E-state index contributed by atoms with van der Waals surface area (Å²) in [5.74, 6) is 0. The summed E-state index contributed by atoms with van der Waals surface area (Å²) in [5.41, 5.74) is 10.5. The lowest BCUT2D eigenvalue weighted by molar-refractivity contribution is 0.766. The molecule has 5 rings (SSSR count). The molecular formula is C33H28BBr. The summed E-state index contributed by atoms with van der Waals surface area (Å²) in [5, 5.41) is 0. The molecule has 0 heterocycles. The molecule has 4 aromatic carbocycles. The third-order valence-corrected chi connectivity index (χ3v) is 7.66. The average molecular weight is 515 g/mol. The fourth-order valence-electron chi connectivity index (χ4n) is 5.48. The van der Waals surface area contributed by atoms with Gasteiger partial charge in [0.15, 0.2) is 0 Å². The molecule has 0 aliphatic heterocycles. The second-order valence-electron chi connectivity index (χ2n) is 9.29. The van der Waals surface area contributed by atoms with Crippen LogP contribution in [0.5, 0.6) is 0 Å². The van der Waals surface area contributed by atoms with Crippen LogP contribution in [-0.2, 0) is 18.3 Å². The molecule has 0 N–H and O–H groups in total. The van der Waals surface area contributed by atoms with Crippen LogP contribution in [0.15, 0.2) is 115 Å². The molecule has 0 nitrogen and oxygen atoms in total. The fourth-order valence-corrected chi connectivity index (χ4v) is 5.84. The molecule has 35 heavy (non-hydrogen) atoms. The Morgan fingerprint density at radius 2 is 1.14 bits per heavy atom. The Hall–Kier alpha value is -3.10. The zero-order chi connectivity index (χ0) is 24.4. The van der Waals surface area contributed by atoms with E-state index in [0.29, 0.717) is 0 Å². The van der Waals surface area contributed by atoms with Gasteiger partial charge >= 0.3 is 0 Å². The van der Waals surface area contributed by atoms with E-state index < -0.39 is 5.41 Å². The maximum Gasteiger partial charge on any atom is 0.113 e. The number of fused-ring (bicyclic) bond motifs is 3. The molecule has 0 atom stereocenters. The summed E-state index contributed by atoms with van der Waals surface area (Å²) in [7, 11) is 6.40. The topological polar surface area (TPSA) is 0 Å². The van der Waals surface area contributed by atoms with Crippen molar-refractivity contribution in [1.29, 1.82) is 0 Å². The second-order valence-corrected chi connectivity index (χ2v) is 10.2. The maximum atomic E-state index is 6.40. The number of benzene rings is 4. The van der Waals surface area contributed by atoms with Crippen LogP contribution in [0.1, 0.15) is 46.2 Å². The van der Waals surface area contributed by atoms with E-state index in [4.69, 9.17) is 7.85 Å².